The van der Waals surface area contributed by atoms with Gasteiger partial charge in [0.05, 0.1) is 12.0 Å². The summed E-state index contributed by atoms with van der Waals surface area (Å²) in [4.78, 5) is 14.8. The van der Waals surface area contributed by atoms with E-state index in [0.29, 0.717) is 5.92 Å². The number of primary amides is 1. The average molecular weight is 210 g/mol. The highest BCUT2D eigenvalue weighted by molar-refractivity contribution is 5.73. The largest absolute Gasteiger partial charge is 0.368 e. The minimum atomic E-state index is -0.353. The van der Waals surface area contributed by atoms with E-state index in [1.165, 1.54) is 0 Å². The summed E-state index contributed by atoms with van der Waals surface area (Å²) < 4.78 is 1.69. The topological polar surface area (TPSA) is 72.9 Å². The van der Waals surface area contributed by atoms with E-state index in [9.17, 15) is 4.79 Å². The van der Waals surface area contributed by atoms with E-state index in [1.807, 2.05) is 6.20 Å². The lowest BCUT2D eigenvalue weighted by molar-refractivity contribution is -0.118. The number of aromatic nitrogens is 2. The molecule has 5 nitrogen and oxygen atoms in total. The molecule has 0 radical (unpaired) electrons. The van der Waals surface area contributed by atoms with Gasteiger partial charge in [-0.3, -0.25) is 4.79 Å². The van der Waals surface area contributed by atoms with Gasteiger partial charge in [-0.2, -0.15) is 0 Å². The number of hydrogen-bond acceptors (Lipinski definition) is 3. The summed E-state index contributed by atoms with van der Waals surface area (Å²) in [6.07, 6.45) is 3.45. The van der Waals surface area contributed by atoms with Crippen molar-refractivity contribution in [3.8, 4) is 0 Å². The highest BCUT2D eigenvalue weighted by Crippen LogP contribution is 1.96. The lowest BCUT2D eigenvalue weighted by Gasteiger charge is -2.04. The normalized spacial score (nSPS) is 10.9. The van der Waals surface area contributed by atoms with Crippen LogP contribution in [0.4, 0.5) is 0 Å². The standard InChI is InChI=1S/C10H18N4O/c1-8(2)3-12-4-9-5-14(7-13-9)6-10(11)15/h5,7-8,12H,3-4,6H2,1-2H3,(H2,11,15). The van der Waals surface area contributed by atoms with Crippen molar-refractivity contribution in [1.82, 2.24) is 14.9 Å². The highest BCUT2D eigenvalue weighted by atomic mass is 16.1. The van der Waals surface area contributed by atoms with Gasteiger partial charge in [-0.15, -0.1) is 0 Å². The van der Waals surface area contributed by atoms with E-state index >= 15 is 0 Å². The monoisotopic (exact) mass is 210 g/mol. The van der Waals surface area contributed by atoms with Crippen LogP contribution in [0.5, 0.6) is 0 Å². The van der Waals surface area contributed by atoms with E-state index in [4.69, 9.17) is 5.73 Å². The number of carbonyl (C=O) groups is 1. The average Bonchev–Trinajstić information content (AvgIpc) is 2.50. The minimum Gasteiger partial charge on any atom is -0.368 e. The van der Waals surface area contributed by atoms with Crippen LogP contribution in [-0.4, -0.2) is 22.0 Å². The maximum absolute atomic E-state index is 10.6. The zero-order valence-corrected chi connectivity index (χ0v) is 9.23. The lowest BCUT2D eigenvalue weighted by atomic mass is 10.2. The summed E-state index contributed by atoms with van der Waals surface area (Å²) in [6.45, 7) is 6.18. The van der Waals surface area contributed by atoms with Crippen molar-refractivity contribution in [2.45, 2.75) is 26.9 Å². The molecule has 0 aliphatic carbocycles. The first-order chi connectivity index (χ1) is 7.08. The molecule has 0 atom stereocenters. The molecule has 0 aliphatic heterocycles. The summed E-state index contributed by atoms with van der Waals surface area (Å²) in [7, 11) is 0. The number of rotatable bonds is 6. The molecule has 0 fully saturated rings. The fourth-order valence-corrected chi connectivity index (χ4v) is 1.25. The Morgan fingerprint density at radius 1 is 1.67 bits per heavy atom. The van der Waals surface area contributed by atoms with Crippen LogP contribution in [0.25, 0.3) is 0 Å². The molecular weight excluding hydrogens is 192 g/mol. The quantitative estimate of drug-likeness (QED) is 0.700. The van der Waals surface area contributed by atoms with Crippen molar-refractivity contribution in [2.24, 2.45) is 11.7 Å². The van der Waals surface area contributed by atoms with Crippen LogP contribution < -0.4 is 11.1 Å². The Kier molecular flexibility index (Phi) is 4.30. The first-order valence-corrected chi connectivity index (χ1v) is 5.07. The summed E-state index contributed by atoms with van der Waals surface area (Å²) in [5.41, 5.74) is 6.00. The van der Waals surface area contributed by atoms with Gasteiger partial charge in [-0.25, -0.2) is 4.98 Å². The van der Waals surface area contributed by atoms with Gasteiger partial charge >= 0.3 is 0 Å². The second-order valence-corrected chi connectivity index (χ2v) is 4.03. The van der Waals surface area contributed by atoms with E-state index in [-0.39, 0.29) is 12.5 Å². The van der Waals surface area contributed by atoms with Crippen molar-refractivity contribution in [2.75, 3.05) is 6.54 Å². The van der Waals surface area contributed by atoms with Crippen LogP contribution in [-0.2, 0) is 17.9 Å². The van der Waals surface area contributed by atoms with E-state index < -0.39 is 0 Å². The number of hydrogen-bond donors (Lipinski definition) is 2. The third kappa shape index (κ3) is 4.60. The van der Waals surface area contributed by atoms with Gasteiger partial charge in [0.15, 0.2) is 0 Å². The SMILES string of the molecule is CC(C)CNCc1cn(CC(N)=O)cn1. The van der Waals surface area contributed by atoms with Gasteiger partial charge in [-0.1, -0.05) is 13.8 Å². The number of carbonyl (C=O) groups excluding carboxylic acids is 1. The Morgan fingerprint density at radius 3 is 3.00 bits per heavy atom. The Bertz CT molecular complexity index is 319. The molecule has 0 saturated carbocycles. The molecule has 0 unspecified atom stereocenters. The van der Waals surface area contributed by atoms with Crippen LogP contribution in [0.2, 0.25) is 0 Å². The molecule has 5 heteroatoms. The second-order valence-electron chi connectivity index (χ2n) is 4.03. The molecule has 3 N–H and O–H groups in total. The van der Waals surface area contributed by atoms with Gasteiger partial charge in [0, 0.05) is 12.7 Å². The lowest BCUT2D eigenvalue weighted by Crippen LogP contribution is -2.19. The Hall–Kier alpha value is -1.36. The van der Waals surface area contributed by atoms with Gasteiger partial charge in [0.1, 0.15) is 6.54 Å². The second kappa shape index (κ2) is 5.50. The molecule has 1 rings (SSSR count). The molecule has 0 aliphatic rings. The van der Waals surface area contributed by atoms with Gasteiger partial charge in [0.25, 0.3) is 0 Å². The van der Waals surface area contributed by atoms with Crippen LogP contribution in [0.15, 0.2) is 12.5 Å². The van der Waals surface area contributed by atoms with Crippen LogP contribution in [0.3, 0.4) is 0 Å². The Labute approximate surface area is 89.7 Å². The Morgan fingerprint density at radius 2 is 2.40 bits per heavy atom. The fourth-order valence-electron chi connectivity index (χ4n) is 1.25. The van der Waals surface area contributed by atoms with Gasteiger partial charge in [-0.05, 0) is 12.5 Å². The van der Waals surface area contributed by atoms with Gasteiger partial charge in [0.2, 0.25) is 5.91 Å². The van der Waals surface area contributed by atoms with Gasteiger partial charge < -0.3 is 15.6 Å². The molecule has 1 heterocycles. The predicted molar refractivity (Wildman–Crippen MR) is 58.0 cm³/mol. The predicted octanol–water partition coefficient (Wildman–Crippen LogP) is 0.114. The number of nitrogens with zero attached hydrogens (tertiary/aromatic N) is 2. The summed E-state index contributed by atoms with van der Waals surface area (Å²) in [5, 5.41) is 3.28. The van der Waals surface area contributed by atoms with E-state index in [0.717, 1.165) is 18.8 Å². The zero-order chi connectivity index (χ0) is 11.3. The van der Waals surface area contributed by atoms with Crippen molar-refractivity contribution in [3.63, 3.8) is 0 Å². The van der Waals surface area contributed by atoms with E-state index in [1.54, 1.807) is 10.9 Å². The fraction of sp³-hybridized carbons (Fsp3) is 0.600. The number of nitrogens with two attached hydrogens (primary N) is 1. The molecule has 1 amide bonds. The Balaban J connectivity index is 2.36. The summed E-state index contributed by atoms with van der Waals surface area (Å²) in [5.74, 6) is 0.270. The van der Waals surface area contributed by atoms with Crippen molar-refractivity contribution < 1.29 is 4.79 Å². The molecular formula is C10H18N4O. The maximum atomic E-state index is 10.6. The first-order valence-electron chi connectivity index (χ1n) is 5.07. The molecule has 0 saturated heterocycles. The highest BCUT2D eigenvalue weighted by Gasteiger charge is 2.01. The maximum Gasteiger partial charge on any atom is 0.237 e. The van der Waals surface area contributed by atoms with Crippen LogP contribution in [0, 0.1) is 5.92 Å². The minimum absolute atomic E-state index is 0.192. The number of amides is 1. The first kappa shape index (κ1) is 11.7. The van der Waals surface area contributed by atoms with Crippen LogP contribution in [0.1, 0.15) is 19.5 Å². The third-order valence-corrected chi connectivity index (χ3v) is 1.88. The summed E-state index contributed by atoms with van der Waals surface area (Å²) >= 11 is 0. The molecule has 0 bridgehead atoms. The molecule has 1 aromatic rings. The number of imidazole rings is 1. The van der Waals surface area contributed by atoms with E-state index in [2.05, 4.69) is 24.1 Å². The zero-order valence-electron chi connectivity index (χ0n) is 9.23. The van der Waals surface area contributed by atoms with Crippen LogP contribution >= 0.6 is 0 Å². The van der Waals surface area contributed by atoms with Crippen molar-refractivity contribution >= 4 is 5.91 Å². The molecule has 15 heavy (non-hydrogen) atoms. The molecule has 0 aromatic carbocycles. The number of nitrogens with one attached hydrogen (secondary N) is 1. The van der Waals surface area contributed by atoms with Crippen molar-refractivity contribution in [1.29, 1.82) is 0 Å². The molecule has 0 spiro atoms. The smallest absolute Gasteiger partial charge is 0.237 e. The third-order valence-electron chi connectivity index (χ3n) is 1.88. The van der Waals surface area contributed by atoms with Crippen molar-refractivity contribution in [3.05, 3.63) is 18.2 Å². The molecule has 84 valence electrons. The summed E-state index contributed by atoms with van der Waals surface area (Å²) in [6, 6.07) is 0. The molecule has 1 aromatic heterocycles.